The maximum atomic E-state index is 12.1. The molecule has 0 amide bonds. The predicted molar refractivity (Wildman–Crippen MR) is 99.5 cm³/mol. The molecular weight excluding hydrogens is 444 g/mol. The minimum Gasteiger partial charge on any atom is -0.746 e. The number of phosphoric acid groups is 1. The Morgan fingerprint density at radius 1 is 1.39 bits per heavy atom. The summed E-state index contributed by atoms with van der Waals surface area (Å²) in [7, 11) is -4.81. The predicted octanol–water partition coefficient (Wildman–Crippen LogP) is -2.65. The van der Waals surface area contributed by atoms with Crippen LogP contribution in [0.15, 0.2) is 51.2 Å². The number of hydrogen-bond donors (Lipinski definition) is 2. The maximum absolute atomic E-state index is 12.1. The van der Waals surface area contributed by atoms with Gasteiger partial charge in [0.25, 0.3) is 5.56 Å². The number of aromatic nitrogens is 2. The van der Waals surface area contributed by atoms with Crippen molar-refractivity contribution in [2.75, 3.05) is 6.61 Å². The van der Waals surface area contributed by atoms with E-state index in [1.807, 2.05) is 0 Å². The van der Waals surface area contributed by atoms with Crippen LogP contribution in [0.25, 0.3) is 10.4 Å². The van der Waals surface area contributed by atoms with Gasteiger partial charge in [-0.3, -0.25) is 18.9 Å². The summed E-state index contributed by atoms with van der Waals surface area (Å²) in [4.78, 5) is 40.4. The number of nitrogens with zero attached hydrogens (tertiary/aromatic N) is 4. The van der Waals surface area contributed by atoms with Gasteiger partial charge >= 0.3 is 43.1 Å². The molecule has 1 fully saturated rings. The molecule has 1 saturated heterocycles. The van der Waals surface area contributed by atoms with E-state index in [1.54, 1.807) is 18.2 Å². The van der Waals surface area contributed by atoms with Gasteiger partial charge in [-0.2, -0.15) is 0 Å². The first-order valence-corrected chi connectivity index (χ1v) is 10.1. The van der Waals surface area contributed by atoms with E-state index >= 15 is 0 Å². The summed E-state index contributed by atoms with van der Waals surface area (Å²) in [6, 6.07) is 6.36. The van der Waals surface area contributed by atoms with Crippen LogP contribution in [-0.4, -0.2) is 39.5 Å². The Kier molecular flexibility index (Phi) is 8.66. The van der Waals surface area contributed by atoms with Gasteiger partial charge in [-0.05, 0) is 24.6 Å². The zero-order valence-electron chi connectivity index (χ0n) is 16.5. The van der Waals surface area contributed by atoms with Crippen LogP contribution >= 0.6 is 7.82 Å². The van der Waals surface area contributed by atoms with Crippen LogP contribution in [0, 0.1) is 6.92 Å². The van der Waals surface area contributed by atoms with Gasteiger partial charge in [0.1, 0.15) is 11.9 Å². The molecule has 0 aliphatic carbocycles. The van der Waals surface area contributed by atoms with Crippen molar-refractivity contribution < 1.29 is 57.9 Å². The van der Waals surface area contributed by atoms with Crippen molar-refractivity contribution >= 4 is 7.82 Å². The minimum absolute atomic E-state index is 0. The molecule has 1 unspecified atom stereocenters. The number of azide groups is 1. The van der Waals surface area contributed by atoms with Crippen LogP contribution in [-0.2, 0) is 13.8 Å². The molecule has 1 aliphatic heterocycles. The molecule has 2 heterocycles. The monoisotopic (exact) mass is 461 g/mol. The van der Waals surface area contributed by atoms with Crippen LogP contribution in [0.3, 0.4) is 0 Å². The molecule has 3 rings (SSSR count). The van der Waals surface area contributed by atoms with Crippen molar-refractivity contribution in [3.8, 4) is 5.75 Å². The Labute approximate surface area is 197 Å². The fourth-order valence-electron chi connectivity index (χ4n) is 2.88. The number of H-pyrrole nitrogens is 1. The van der Waals surface area contributed by atoms with Crippen LogP contribution in [0.4, 0.5) is 0 Å². The second-order valence-corrected chi connectivity index (χ2v) is 7.71. The van der Waals surface area contributed by atoms with Gasteiger partial charge in [0.2, 0.25) is 0 Å². The second-order valence-electron chi connectivity index (χ2n) is 6.38. The summed E-state index contributed by atoms with van der Waals surface area (Å²) in [5.74, 6) is 0.0305. The number of aliphatic hydroxyl groups excluding tert-OH is 1. The number of benzene rings is 1. The largest absolute Gasteiger partial charge is 1.00 e. The molecule has 1 aliphatic rings. The zero-order valence-corrected chi connectivity index (χ0v) is 19.4. The van der Waals surface area contributed by atoms with E-state index in [2.05, 4.69) is 15.0 Å². The molecule has 15 heteroatoms. The summed E-state index contributed by atoms with van der Waals surface area (Å²) in [6.45, 7) is 0.790. The molecule has 0 spiro atoms. The molecule has 13 nitrogen and oxygen atoms in total. The standard InChI is InChI=1S/C16H18N5O8P.Na/c1-9-7-21(16(24)18-14(9)23)15-13(22)12(19-20-17)11(28-15)8-27-30(25,26)29-10-5-3-2-4-6-10;/h2-7,11-13,15,22H,8H2,1H3,(H,25,26)(H,18,23,24);/q;+1/p-1/t11-,12-,13+,15-;/m1./s1. The van der Waals surface area contributed by atoms with E-state index in [9.17, 15) is 24.2 Å². The second kappa shape index (κ2) is 10.6. The third kappa shape index (κ3) is 6.07. The summed E-state index contributed by atoms with van der Waals surface area (Å²) in [6.07, 6.45) is -2.92. The number of aromatic amines is 1. The molecule has 1 aromatic heterocycles. The molecule has 5 atom stereocenters. The number of rotatable bonds is 7. The topological polar surface area (TPSA) is 192 Å². The van der Waals surface area contributed by atoms with Crippen LogP contribution in [0.5, 0.6) is 5.75 Å². The summed E-state index contributed by atoms with van der Waals surface area (Å²) in [5.41, 5.74) is 7.47. The molecule has 160 valence electrons. The first-order valence-electron chi connectivity index (χ1n) is 8.62. The molecule has 2 N–H and O–H groups in total. The SMILES string of the molecule is Cc1cn([C@@H]2O[C@H](COP(=O)([O-])Oc3ccccc3)[C@@H](N=[N+]=[N-])[C@@H]2O)c(=O)[nH]c1=O.[Na+]. The van der Waals surface area contributed by atoms with Gasteiger partial charge in [-0.1, -0.05) is 23.3 Å². The van der Waals surface area contributed by atoms with E-state index in [0.29, 0.717) is 0 Å². The normalized spacial score (nSPS) is 24.5. The first-order chi connectivity index (χ1) is 14.2. The Morgan fingerprint density at radius 2 is 2.06 bits per heavy atom. The van der Waals surface area contributed by atoms with Crippen LogP contribution in [0.1, 0.15) is 11.8 Å². The number of hydrogen-bond acceptors (Lipinski definition) is 9. The number of nitrogens with one attached hydrogen (secondary N) is 1. The summed E-state index contributed by atoms with van der Waals surface area (Å²) < 4.78 is 28.1. The van der Waals surface area contributed by atoms with Gasteiger partial charge in [0, 0.05) is 16.7 Å². The van der Waals surface area contributed by atoms with Crippen molar-refractivity contribution in [3.63, 3.8) is 0 Å². The number of phosphoric ester groups is 1. The van der Waals surface area contributed by atoms with Gasteiger partial charge in [-0.25, -0.2) is 4.79 Å². The average Bonchev–Trinajstić information content (AvgIpc) is 3.00. The first kappa shape index (κ1) is 25.3. The van der Waals surface area contributed by atoms with Crippen molar-refractivity contribution in [2.24, 2.45) is 5.11 Å². The van der Waals surface area contributed by atoms with Crippen molar-refractivity contribution in [1.29, 1.82) is 0 Å². The number of aryl methyl sites for hydroxylation is 1. The molecule has 31 heavy (non-hydrogen) atoms. The van der Waals surface area contributed by atoms with E-state index in [4.69, 9.17) is 19.3 Å². The quantitative estimate of drug-likeness (QED) is 0.147. The molecule has 1 aromatic carbocycles. The number of ether oxygens (including phenoxy) is 1. The van der Waals surface area contributed by atoms with E-state index in [-0.39, 0.29) is 40.9 Å². The van der Waals surface area contributed by atoms with E-state index in [1.165, 1.54) is 25.3 Å². The van der Waals surface area contributed by atoms with Gasteiger partial charge in [0.15, 0.2) is 6.23 Å². The fourth-order valence-corrected chi connectivity index (χ4v) is 3.64. The van der Waals surface area contributed by atoms with Gasteiger partial charge < -0.3 is 23.8 Å². The van der Waals surface area contributed by atoms with Gasteiger partial charge in [-0.15, -0.1) is 0 Å². The third-order valence-electron chi connectivity index (χ3n) is 4.30. The molecular formula is C16H17N5NaO8P. The smallest absolute Gasteiger partial charge is 0.746 e. The Hall–Kier alpha value is -1.92. The summed E-state index contributed by atoms with van der Waals surface area (Å²) in [5, 5.41) is 13.9. The molecule has 0 radical (unpaired) electrons. The van der Waals surface area contributed by atoms with Crippen molar-refractivity contribution in [1.82, 2.24) is 9.55 Å². The molecule has 0 bridgehead atoms. The third-order valence-corrected chi connectivity index (χ3v) is 5.20. The van der Waals surface area contributed by atoms with Crippen LogP contribution in [0.2, 0.25) is 0 Å². The number of para-hydroxylation sites is 1. The Morgan fingerprint density at radius 3 is 2.71 bits per heavy atom. The fraction of sp³-hybridized carbons (Fsp3) is 0.375. The van der Waals surface area contributed by atoms with Crippen molar-refractivity contribution in [2.45, 2.75) is 31.4 Å². The van der Waals surface area contributed by atoms with Crippen molar-refractivity contribution in [3.05, 3.63) is 73.4 Å². The van der Waals surface area contributed by atoms with E-state index in [0.717, 1.165) is 4.57 Å². The van der Waals surface area contributed by atoms with E-state index < -0.39 is 50.2 Å². The van der Waals surface area contributed by atoms with Gasteiger partial charge in [0.05, 0.1) is 18.8 Å². The Balaban J connectivity index is 0.00000341. The average molecular weight is 461 g/mol. The maximum Gasteiger partial charge on any atom is 1.00 e. The minimum atomic E-state index is -4.81. The number of aliphatic hydroxyl groups is 1. The zero-order chi connectivity index (χ0) is 21.9. The van der Waals surface area contributed by atoms with Crippen LogP contribution < -0.4 is 50.2 Å². The Bertz CT molecular complexity index is 1120. The molecule has 0 saturated carbocycles. The summed E-state index contributed by atoms with van der Waals surface area (Å²) >= 11 is 0. The molecule has 2 aromatic rings.